The highest BCUT2D eigenvalue weighted by atomic mass is 28.4. The summed E-state index contributed by atoms with van der Waals surface area (Å²) in [5, 5.41) is 0. The molecular weight excluding hydrogens is 510 g/mol. The van der Waals surface area contributed by atoms with E-state index in [4.69, 9.17) is 13.9 Å². The van der Waals surface area contributed by atoms with E-state index in [9.17, 15) is 0 Å². The smallest absolute Gasteiger partial charge is 0.200 e. The van der Waals surface area contributed by atoms with Gasteiger partial charge in [0.05, 0.1) is 25.9 Å². The third kappa shape index (κ3) is 5.56. The molecule has 5 atom stereocenters. The van der Waals surface area contributed by atoms with E-state index >= 15 is 0 Å². The summed E-state index contributed by atoms with van der Waals surface area (Å²) in [5.41, 5.74) is 4.71. The molecule has 5 heteroatoms. The molecule has 5 rings (SSSR count). The molecule has 2 aliphatic heterocycles. The summed E-state index contributed by atoms with van der Waals surface area (Å²) in [5.74, 6) is 1.35. The molecule has 0 radical (unpaired) electrons. The van der Waals surface area contributed by atoms with Crippen molar-refractivity contribution < 1.29 is 13.9 Å². The number of piperidine rings is 1. The van der Waals surface area contributed by atoms with E-state index in [1.165, 1.54) is 49.8 Å². The zero-order chi connectivity index (χ0) is 28.5. The van der Waals surface area contributed by atoms with E-state index in [0.29, 0.717) is 40.7 Å². The highest BCUT2D eigenvalue weighted by molar-refractivity contribution is 6.77. The standard InChI is InChI=1S/C35H53NO3Si/c1-25(2)40(26(3)4,27(5)6)39-33-18-20-35-19-11-21-36(35)32(22-28-14-16-30(37-7)17-15-28)34(31(33)23-35)38-24-29-12-9-8-10-13-29/h8-10,12-17,25-27,31-34H,11,18-24H2,1-7H3. The number of hydrogen-bond donors (Lipinski definition) is 0. The van der Waals surface area contributed by atoms with Crippen LogP contribution in [-0.2, 0) is 22.2 Å². The first-order valence-electron chi connectivity index (χ1n) is 15.9. The zero-order valence-corrected chi connectivity index (χ0v) is 27.1. The first-order valence-corrected chi connectivity index (χ1v) is 18.1. The highest BCUT2D eigenvalue weighted by Gasteiger charge is 2.59. The predicted molar refractivity (Wildman–Crippen MR) is 167 cm³/mol. The van der Waals surface area contributed by atoms with E-state index in [1.807, 2.05) is 0 Å². The van der Waals surface area contributed by atoms with Crippen molar-refractivity contribution in [3.63, 3.8) is 0 Å². The Morgan fingerprint density at radius 2 is 1.55 bits per heavy atom. The molecule has 1 spiro atoms. The summed E-state index contributed by atoms with van der Waals surface area (Å²) in [6.45, 7) is 16.4. The van der Waals surface area contributed by atoms with E-state index in [1.54, 1.807) is 7.11 Å². The van der Waals surface area contributed by atoms with Crippen molar-refractivity contribution in [2.45, 2.75) is 127 Å². The molecule has 1 saturated carbocycles. The molecule has 4 nitrogen and oxygen atoms in total. The Morgan fingerprint density at radius 3 is 2.17 bits per heavy atom. The molecule has 2 bridgehead atoms. The SMILES string of the molecule is COc1ccc(CC2C(OCc3ccccc3)C3CC4(CCCN24)CCC3O[Si](C(C)C)(C(C)C)C(C)C)cc1. The van der Waals surface area contributed by atoms with E-state index < -0.39 is 8.32 Å². The molecule has 0 aromatic heterocycles. The first kappa shape index (κ1) is 29.8. The lowest BCUT2D eigenvalue weighted by molar-refractivity contribution is -0.169. The number of benzene rings is 2. The highest BCUT2D eigenvalue weighted by Crippen LogP contribution is 2.55. The summed E-state index contributed by atoms with van der Waals surface area (Å²) in [6, 6.07) is 19.8. The van der Waals surface area contributed by atoms with Gasteiger partial charge in [0.2, 0.25) is 8.32 Å². The first-order chi connectivity index (χ1) is 19.2. The minimum absolute atomic E-state index is 0.150. The molecule has 40 heavy (non-hydrogen) atoms. The average molecular weight is 564 g/mol. The largest absolute Gasteiger partial charge is 0.497 e. The fourth-order valence-corrected chi connectivity index (χ4v) is 14.7. The van der Waals surface area contributed by atoms with Crippen LogP contribution < -0.4 is 4.74 Å². The van der Waals surface area contributed by atoms with Crippen molar-refractivity contribution >= 4 is 8.32 Å². The summed E-state index contributed by atoms with van der Waals surface area (Å²) in [7, 11) is -0.269. The van der Waals surface area contributed by atoms with Crippen molar-refractivity contribution in [1.82, 2.24) is 4.90 Å². The Labute approximate surface area is 244 Å². The molecule has 2 aromatic carbocycles. The Hall–Kier alpha value is -1.66. The maximum atomic E-state index is 7.63. The zero-order valence-electron chi connectivity index (χ0n) is 26.1. The van der Waals surface area contributed by atoms with Gasteiger partial charge < -0.3 is 13.9 Å². The van der Waals surface area contributed by atoms with Gasteiger partial charge in [0.1, 0.15) is 5.75 Å². The van der Waals surface area contributed by atoms with Crippen LogP contribution in [0.3, 0.4) is 0 Å². The molecule has 2 aromatic rings. The van der Waals surface area contributed by atoms with Gasteiger partial charge in [0, 0.05) is 17.5 Å². The van der Waals surface area contributed by atoms with Gasteiger partial charge in [-0.2, -0.15) is 0 Å². The minimum atomic E-state index is -2.01. The van der Waals surface area contributed by atoms with Gasteiger partial charge in [-0.3, -0.25) is 4.90 Å². The third-order valence-electron chi connectivity index (χ3n) is 10.8. The second-order valence-corrected chi connectivity index (χ2v) is 19.2. The van der Waals surface area contributed by atoms with Crippen molar-refractivity contribution in [3.05, 3.63) is 65.7 Å². The number of hydrogen-bond acceptors (Lipinski definition) is 4. The Bertz CT molecular complexity index is 1070. The second-order valence-electron chi connectivity index (χ2n) is 13.8. The lowest BCUT2D eigenvalue weighted by atomic mass is 9.65. The number of ether oxygens (including phenoxy) is 2. The fourth-order valence-electron chi connectivity index (χ4n) is 9.10. The van der Waals surface area contributed by atoms with Crippen LogP contribution >= 0.6 is 0 Å². The molecule has 0 amide bonds. The third-order valence-corrected chi connectivity index (χ3v) is 16.9. The number of methoxy groups -OCH3 is 1. The predicted octanol–water partition coefficient (Wildman–Crippen LogP) is 8.40. The van der Waals surface area contributed by atoms with E-state index in [2.05, 4.69) is 101 Å². The summed E-state index contributed by atoms with van der Waals surface area (Å²) in [4.78, 5) is 2.89. The quantitative estimate of drug-likeness (QED) is 0.257. The van der Waals surface area contributed by atoms with E-state index in [0.717, 1.165) is 12.2 Å². The molecular formula is C35H53NO3Si. The normalized spacial score (nSPS) is 28.9. The summed E-state index contributed by atoms with van der Waals surface area (Å²) in [6.07, 6.45) is 7.71. The van der Waals surface area contributed by atoms with Gasteiger partial charge >= 0.3 is 0 Å². The van der Waals surface area contributed by atoms with Crippen LogP contribution in [0.15, 0.2) is 54.6 Å². The van der Waals surface area contributed by atoms with Crippen LogP contribution in [0.25, 0.3) is 0 Å². The van der Waals surface area contributed by atoms with Crippen molar-refractivity contribution in [2.24, 2.45) is 5.92 Å². The van der Waals surface area contributed by atoms with Crippen LogP contribution in [0.2, 0.25) is 16.6 Å². The molecule has 3 fully saturated rings. The molecule has 1 aliphatic carbocycles. The molecule has 220 valence electrons. The van der Waals surface area contributed by atoms with Crippen molar-refractivity contribution in [3.8, 4) is 5.75 Å². The lowest BCUT2D eigenvalue weighted by Gasteiger charge is -2.60. The monoisotopic (exact) mass is 563 g/mol. The number of nitrogens with zero attached hydrogens (tertiary/aromatic N) is 1. The fraction of sp³-hybridized carbons (Fsp3) is 0.657. The lowest BCUT2D eigenvalue weighted by Crippen LogP contribution is -2.68. The van der Waals surface area contributed by atoms with Gasteiger partial charge in [-0.15, -0.1) is 0 Å². The van der Waals surface area contributed by atoms with Gasteiger partial charge in [0.25, 0.3) is 0 Å². The maximum Gasteiger partial charge on any atom is 0.200 e. The molecule has 0 N–H and O–H groups in total. The molecule has 2 heterocycles. The van der Waals surface area contributed by atoms with Gasteiger partial charge in [-0.25, -0.2) is 0 Å². The maximum absolute atomic E-state index is 7.63. The van der Waals surface area contributed by atoms with Crippen molar-refractivity contribution in [1.29, 1.82) is 0 Å². The molecule has 5 unspecified atom stereocenters. The Kier molecular flexibility index (Phi) is 9.16. The number of rotatable bonds is 11. The molecule has 3 aliphatic rings. The van der Waals surface area contributed by atoms with Gasteiger partial charge in [-0.1, -0.05) is 84.0 Å². The molecule has 2 saturated heterocycles. The summed E-state index contributed by atoms with van der Waals surface area (Å²) < 4.78 is 20.2. The van der Waals surface area contributed by atoms with Crippen LogP contribution in [0.4, 0.5) is 0 Å². The average Bonchev–Trinajstić information content (AvgIpc) is 3.35. The van der Waals surface area contributed by atoms with E-state index in [-0.39, 0.29) is 12.2 Å². The second kappa shape index (κ2) is 12.3. The topological polar surface area (TPSA) is 30.9 Å². The number of fused-ring (bicyclic) bond motifs is 1. The van der Waals surface area contributed by atoms with Crippen molar-refractivity contribution in [2.75, 3.05) is 13.7 Å². The van der Waals surface area contributed by atoms with Crippen LogP contribution in [-0.4, -0.2) is 50.7 Å². The van der Waals surface area contributed by atoms with Crippen LogP contribution in [0, 0.1) is 5.92 Å². The van der Waals surface area contributed by atoms with Gasteiger partial charge in [-0.05, 0) is 85.0 Å². The Morgan fingerprint density at radius 1 is 0.875 bits per heavy atom. The Balaban J connectivity index is 1.50. The van der Waals surface area contributed by atoms with Crippen LogP contribution in [0.1, 0.15) is 84.8 Å². The minimum Gasteiger partial charge on any atom is -0.497 e. The van der Waals surface area contributed by atoms with Crippen LogP contribution in [0.5, 0.6) is 5.75 Å². The van der Waals surface area contributed by atoms with Gasteiger partial charge in [0.15, 0.2) is 0 Å². The summed E-state index contributed by atoms with van der Waals surface area (Å²) >= 11 is 0.